The Labute approximate surface area is 117 Å². The third-order valence-electron chi connectivity index (χ3n) is 4.36. The average molecular weight is 292 g/mol. The van der Waals surface area contributed by atoms with Gasteiger partial charge in [-0.2, -0.15) is 13.2 Å². The van der Waals surface area contributed by atoms with Crippen molar-refractivity contribution in [2.45, 2.75) is 63.6 Å². The minimum Gasteiger partial charge on any atom is -0.335 e. The van der Waals surface area contributed by atoms with Gasteiger partial charge in [-0.3, -0.25) is 0 Å². The second-order valence-corrected chi connectivity index (χ2v) is 5.95. The van der Waals surface area contributed by atoms with Crippen molar-refractivity contribution in [3.05, 3.63) is 0 Å². The third-order valence-corrected chi connectivity index (χ3v) is 4.36. The van der Waals surface area contributed by atoms with Gasteiger partial charge in [0.2, 0.25) is 0 Å². The second kappa shape index (κ2) is 6.68. The molecular formula is C14H23F3N2O. The Morgan fingerprint density at radius 3 is 2.25 bits per heavy atom. The molecule has 0 bridgehead atoms. The van der Waals surface area contributed by atoms with E-state index in [1.807, 2.05) is 0 Å². The summed E-state index contributed by atoms with van der Waals surface area (Å²) in [5.41, 5.74) is 0. The molecule has 1 saturated heterocycles. The lowest BCUT2D eigenvalue weighted by Crippen LogP contribution is -2.47. The van der Waals surface area contributed by atoms with Crippen molar-refractivity contribution < 1.29 is 18.0 Å². The molecule has 0 aromatic heterocycles. The molecule has 3 nitrogen and oxygen atoms in total. The first-order valence-corrected chi connectivity index (χ1v) is 7.59. The van der Waals surface area contributed by atoms with E-state index in [4.69, 9.17) is 0 Å². The number of nitrogens with zero attached hydrogens (tertiary/aromatic N) is 1. The Balaban J connectivity index is 1.84. The van der Waals surface area contributed by atoms with Crippen LogP contribution in [0.3, 0.4) is 0 Å². The number of carbonyl (C=O) groups is 1. The molecular weight excluding hydrogens is 269 g/mol. The monoisotopic (exact) mass is 292 g/mol. The molecule has 2 atom stereocenters. The maximum atomic E-state index is 12.7. The Morgan fingerprint density at radius 2 is 1.65 bits per heavy atom. The number of likely N-dealkylation sites (tertiary alicyclic amines) is 1. The fraction of sp³-hybridized carbons (Fsp3) is 0.929. The van der Waals surface area contributed by atoms with Gasteiger partial charge >= 0.3 is 12.2 Å². The Hall–Kier alpha value is -0.940. The van der Waals surface area contributed by atoms with Gasteiger partial charge in [0.25, 0.3) is 0 Å². The molecule has 2 amide bonds. The third kappa shape index (κ3) is 4.28. The molecule has 0 aromatic carbocycles. The predicted molar refractivity (Wildman–Crippen MR) is 70.4 cm³/mol. The molecule has 1 aliphatic heterocycles. The summed E-state index contributed by atoms with van der Waals surface area (Å²) >= 11 is 0. The molecule has 20 heavy (non-hydrogen) atoms. The van der Waals surface area contributed by atoms with Crippen LogP contribution < -0.4 is 5.32 Å². The minimum absolute atomic E-state index is 0.0308. The van der Waals surface area contributed by atoms with Gasteiger partial charge in [-0.25, -0.2) is 4.79 Å². The van der Waals surface area contributed by atoms with Crippen LogP contribution in [0.2, 0.25) is 0 Å². The maximum Gasteiger partial charge on any atom is 0.391 e. The minimum atomic E-state index is -4.13. The molecule has 0 spiro atoms. The lowest BCUT2D eigenvalue weighted by molar-refractivity contribution is -0.183. The van der Waals surface area contributed by atoms with E-state index < -0.39 is 12.1 Å². The molecule has 2 fully saturated rings. The van der Waals surface area contributed by atoms with Gasteiger partial charge in [0, 0.05) is 19.1 Å². The van der Waals surface area contributed by atoms with Crippen LogP contribution in [0.1, 0.15) is 51.4 Å². The number of hydrogen-bond donors (Lipinski definition) is 1. The number of hydrogen-bond acceptors (Lipinski definition) is 1. The lowest BCUT2D eigenvalue weighted by Gasteiger charge is -2.32. The van der Waals surface area contributed by atoms with E-state index >= 15 is 0 Å². The number of carbonyl (C=O) groups excluding carboxylic acids is 1. The van der Waals surface area contributed by atoms with Crippen molar-refractivity contribution in [2.75, 3.05) is 13.1 Å². The number of alkyl halides is 3. The van der Waals surface area contributed by atoms with E-state index in [2.05, 4.69) is 5.32 Å². The van der Waals surface area contributed by atoms with Gasteiger partial charge in [0.1, 0.15) is 0 Å². The molecule has 2 aliphatic rings. The standard InChI is InChI=1S/C14H23F3N2O/c15-14(16,17)11-6-5-7-12(10-11)18-13(20)19-8-3-1-2-4-9-19/h11-12H,1-10H2,(H,18,20). The normalized spacial score (nSPS) is 28.9. The van der Waals surface area contributed by atoms with Gasteiger partial charge in [0.15, 0.2) is 0 Å². The van der Waals surface area contributed by atoms with Crippen LogP contribution >= 0.6 is 0 Å². The summed E-state index contributed by atoms with van der Waals surface area (Å²) in [6.45, 7) is 1.45. The predicted octanol–water partition coefficient (Wildman–Crippen LogP) is 3.69. The number of urea groups is 1. The Kier molecular flexibility index (Phi) is 5.16. The van der Waals surface area contributed by atoms with Crippen LogP contribution in [-0.2, 0) is 0 Å². The van der Waals surface area contributed by atoms with Crippen LogP contribution in [-0.4, -0.2) is 36.2 Å². The summed E-state index contributed by atoms with van der Waals surface area (Å²) in [6.07, 6.45) is 1.52. The fourth-order valence-corrected chi connectivity index (χ4v) is 3.16. The SMILES string of the molecule is O=C(NC1CCCC(C(F)(F)F)C1)N1CCCCCC1. The first-order chi connectivity index (χ1) is 9.47. The quantitative estimate of drug-likeness (QED) is 0.785. The van der Waals surface area contributed by atoms with Crippen LogP contribution in [0.15, 0.2) is 0 Å². The van der Waals surface area contributed by atoms with E-state index in [0.717, 1.165) is 38.8 Å². The van der Waals surface area contributed by atoms with Gasteiger partial charge in [0.05, 0.1) is 5.92 Å². The summed E-state index contributed by atoms with van der Waals surface area (Å²) in [6, 6.07) is -0.508. The van der Waals surface area contributed by atoms with Gasteiger partial charge in [-0.05, 0) is 32.1 Å². The largest absolute Gasteiger partial charge is 0.391 e. The van der Waals surface area contributed by atoms with E-state index in [1.54, 1.807) is 4.90 Å². The molecule has 1 aliphatic carbocycles. The molecule has 0 radical (unpaired) electrons. The zero-order chi connectivity index (χ0) is 14.6. The molecule has 1 N–H and O–H groups in total. The molecule has 2 rings (SSSR count). The van der Waals surface area contributed by atoms with Crippen molar-refractivity contribution in [1.82, 2.24) is 10.2 Å². The summed E-state index contributed by atoms with van der Waals surface area (Å²) in [5.74, 6) is -1.26. The van der Waals surface area contributed by atoms with Crippen LogP contribution in [0.4, 0.5) is 18.0 Å². The number of halogens is 3. The van der Waals surface area contributed by atoms with Gasteiger partial charge < -0.3 is 10.2 Å². The Bertz CT molecular complexity index is 325. The Morgan fingerprint density at radius 1 is 1.00 bits per heavy atom. The molecule has 6 heteroatoms. The van der Waals surface area contributed by atoms with E-state index in [-0.39, 0.29) is 24.9 Å². The smallest absolute Gasteiger partial charge is 0.335 e. The average Bonchev–Trinajstić information content (AvgIpc) is 2.67. The first-order valence-electron chi connectivity index (χ1n) is 7.59. The van der Waals surface area contributed by atoms with Crippen LogP contribution in [0.5, 0.6) is 0 Å². The number of amides is 2. The van der Waals surface area contributed by atoms with Crippen LogP contribution in [0, 0.1) is 5.92 Å². The van der Waals surface area contributed by atoms with Crippen molar-refractivity contribution >= 4 is 6.03 Å². The van der Waals surface area contributed by atoms with E-state index in [9.17, 15) is 18.0 Å². The number of nitrogens with one attached hydrogen (secondary N) is 1. The van der Waals surface area contributed by atoms with Crippen molar-refractivity contribution in [2.24, 2.45) is 5.92 Å². The van der Waals surface area contributed by atoms with Crippen molar-refractivity contribution in [1.29, 1.82) is 0 Å². The zero-order valence-corrected chi connectivity index (χ0v) is 11.7. The molecule has 1 heterocycles. The van der Waals surface area contributed by atoms with E-state index in [0.29, 0.717) is 12.8 Å². The van der Waals surface area contributed by atoms with Crippen molar-refractivity contribution in [3.63, 3.8) is 0 Å². The topological polar surface area (TPSA) is 32.3 Å². The van der Waals surface area contributed by atoms with Gasteiger partial charge in [-0.15, -0.1) is 0 Å². The molecule has 116 valence electrons. The molecule has 2 unspecified atom stereocenters. The summed E-state index contributed by atoms with van der Waals surface area (Å²) in [5, 5.41) is 2.81. The first kappa shape index (κ1) is 15.4. The summed E-state index contributed by atoms with van der Waals surface area (Å²) < 4.78 is 38.2. The highest BCUT2D eigenvalue weighted by Gasteiger charge is 2.42. The summed E-state index contributed by atoms with van der Waals surface area (Å²) in [4.78, 5) is 13.9. The van der Waals surface area contributed by atoms with Crippen LogP contribution in [0.25, 0.3) is 0 Å². The highest BCUT2D eigenvalue weighted by molar-refractivity contribution is 5.74. The molecule has 0 aromatic rings. The maximum absolute atomic E-state index is 12.7. The zero-order valence-electron chi connectivity index (χ0n) is 11.7. The highest BCUT2D eigenvalue weighted by atomic mass is 19.4. The fourth-order valence-electron chi connectivity index (χ4n) is 3.16. The highest BCUT2D eigenvalue weighted by Crippen LogP contribution is 2.37. The molecule has 1 saturated carbocycles. The summed E-state index contributed by atoms with van der Waals surface area (Å²) in [7, 11) is 0. The lowest BCUT2D eigenvalue weighted by atomic mass is 9.85. The van der Waals surface area contributed by atoms with Gasteiger partial charge in [-0.1, -0.05) is 19.3 Å². The van der Waals surface area contributed by atoms with E-state index in [1.165, 1.54) is 0 Å². The number of rotatable bonds is 1. The van der Waals surface area contributed by atoms with Crippen molar-refractivity contribution in [3.8, 4) is 0 Å². The second-order valence-electron chi connectivity index (χ2n) is 5.95.